The van der Waals surface area contributed by atoms with Crippen LogP contribution < -0.4 is 5.32 Å². The number of nitrogens with one attached hydrogen (secondary N) is 1. The van der Waals surface area contributed by atoms with Crippen molar-refractivity contribution in [2.45, 2.75) is 19.3 Å². The molecule has 1 N–H and O–H groups in total. The first-order chi connectivity index (χ1) is 14.2. The fourth-order valence-electron chi connectivity index (χ4n) is 3.47. The van der Waals surface area contributed by atoms with E-state index in [2.05, 4.69) is 20.3 Å². The van der Waals surface area contributed by atoms with Crippen LogP contribution in [0.15, 0.2) is 66.9 Å². The third-order valence-electron chi connectivity index (χ3n) is 4.91. The van der Waals surface area contributed by atoms with E-state index in [9.17, 15) is 4.79 Å². The third kappa shape index (κ3) is 4.85. The Morgan fingerprint density at radius 3 is 2.72 bits per heavy atom. The quantitative estimate of drug-likeness (QED) is 0.673. The van der Waals surface area contributed by atoms with Gasteiger partial charge in [0.25, 0.3) is 0 Å². The van der Waals surface area contributed by atoms with Gasteiger partial charge in [0.15, 0.2) is 0 Å². The van der Waals surface area contributed by atoms with Crippen LogP contribution in [-0.4, -0.2) is 38.8 Å². The summed E-state index contributed by atoms with van der Waals surface area (Å²) in [6, 6.07) is 17.5. The van der Waals surface area contributed by atoms with Crippen LogP contribution in [0.3, 0.4) is 0 Å². The molecular weight excluding hydrogens is 362 g/mol. The van der Waals surface area contributed by atoms with Crippen LogP contribution in [0.2, 0.25) is 0 Å². The average molecular weight is 385 g/mol. The van der Waals surface area contributed by atoms with Crippen molar-refractivity contribution in [2.75, 3.05) is 18.4 Å². The normalized spacial score (nSPS) is 16.3. The molecular formula is C23H23N5O. The number of hydrogen-bond acceptors (Lipinski definition) is 5. The summed E-state index contributed by atoms with van der Waals surface area (Å²) in [6.45, 7) is 3.28. The first-order valence-corrected chi connectivity index (χ1v) is 9.73. The lowest BCUT2D eigenvalue weighted by Gasteiger charge is -2.15. The SMILES string of the molecule is Cc1nc(Nc2ccccn2)cc(C2CCN(C(=O)/C=C/c3ccccc3)C2)n1. The van der Waals surface area contributed by atoms with E-state index in [0.717, 1.165) is 35.9 Å². The summed E-state index contributed by atoms with van der Waals surface area (Å²) in [5, 5.41) is 3.23. The third-order valence-corrected chi connectivity index (χ3v) is 4.91. The number of amides is 1. The van der Waals surface area contributed by atoms with E-state index in [4.69, 9.17) is 0 Å². The Labute approximate surface area is 170 Å². The number of likely N-dealkylation sites (tertiary alicyclic amines) is 1. The van der Waals surface area contributed by atoms with Gasteiger partial charge in [0.05, 0.1) is 5.69 Å². The van der Waals surface area contributed by atoms with E-state index in [1.54, 1.807) is 12.3 Å². The number of carbonyl (C=O) groups excluding carboxylic acids is 1. The summed E-state index contributed by atoms with van der Waals surface area (Å²) >= 11 is 0. The van der Waals surface area contributed by atoms with Crippen LogP contribution in [0, 0.1) is 6.92 Å². The molecule has 1 amide bonds. The van der Waals surface area contributed by atoms with Crippen molar-refractivity contribution in [1.82, 2.24) is 19.9 Å². The lowest BCUT2D eigenvalue weighted by Crippen LogP contribution is -2.26. The Morgan fingerprint density at radius 1 is 1.10 bits per heavy atom. The Hall–Kier alpha value is -3.54. The number of rotatable bonds is 5. The van der Waals surface area contributed by atoms with Crippen LogP contribution in [0.25, 0.3) is 6.08 Å². The van der Waals surface area contributed by atoms with Crippen molar-refractivity contribution in [3.63, 3.8) is 0 Å². The molecule has 0 spiro atoms. The molecule has 6 nitrogen and oxygen atoms in total. The summed E-state index contributed by atoms with van der Waals surface area (Å²) in [4.78, 5) is 27.8. The molecule has 0 radical (unpaired) electrons. The van der Waals surface area contributed by atoms with Gasteiger partial charge < -0.3 is 10.2 Å². The molecule has 146 valence electrons. The summed E-state index contributed by atoms with van der Waals surface area (Å²) in [5.41, 5.74) is 1.98. The summed E-state index contributed by atoms with van der Waals surface area (Å²) in [6.07, 6.45) is 6.14. The molecule has 3 heterocycles. The second-order valence-electron chi connectivity index (χ2n) is 7.08. The Bertz CT molecular complexity index is 1000. The van der Waals surface area contributed by atoms with Gasteiger partial charge in [-0.05, 0) is 37.1 Å². The predicted octanol–water partition coefficient (Wildman–Crippen LogP) is 3.95. The Kier molecular flexibility index (Phi) is 5.61. The minimum Gasteiger partial charge on any atom is -0.338 e. The predicted molar refractivity (Wildman–Crippen MR) is 114 cm³/mol. The zero-order valence-corrected chi connectivity index (χ0v) is 16.3. The second-order valence-corrected chi connectivity index (χ2v) is 7.08. The number of benzene rings is 1. The molecule has 6 heteroatoms. The van der Waals surface area contributed by atoms with Gasteiger partial charge in [0, 0.05) is 37.3 Å². The maximum absolute atomic E-state index is 12.6. The molecule has 1 fully saturated rings. The van der Waals surface area contributed by atoms with E-state index >= 15 is 0 Å². The van der Waals surface area contributed by atoms with Crippen molar-refractivity contribution in [3.8, 4) is 0 Å². The van der Waals surface area contributed by atoms with E-state index in [1.165, 1.54) is 0 Å². The molecule has 1 atom stereocenters. The van der Waals surface area contributed by atoms with Crippen molar-refractivity contribution in [2.24, 2.45) is 0 Å². The number of hydrogen-bond donors (Lipinski definition) is 1. The van der Waals surface area contributed by atoms with Crippen molar-refractivity contribution in [3.05, 3.63) is 84.0 Å². The largest absolute Gasteiger partial charge is 0.338 e. The van der Waals surface area contributed by atoms with Crippen LogP contribution in [-0.2, 0) is 4.79 Å². The molecule has 4 rings (SSSR count). The fourth-order valence-corrected chi connectivity index (χ4v) is 3.47. The number of aromatic nitrogens is 3. The molecule has 0 bridgehead atoms. The van der Waals surface area contributed by atoms with E-state index in [-0.39, 0.29) is 11.8 Å². The first-order valence-electron chi connectivity index (χ1n) is 9.73. The highest BCUT2D eigenvalue weighted by molar-refractivity contribution is 5.92. The highest BCUT2D eigenvalue weighted by Gasteiger charge is 2.27. The lowest BCUT2D eigenvalue weighted by atomic mass is 10.0. The minimum atomic E-state index is 0.0361. The molecule has 1 saturated heterocycles. The number of nitrogens with zero attached hydrogens (tertiary/aromatic N) is 4. The van der Waals surface area contributed by atoms with Gasteiger partial charge in [-0.25, -0.2) is 15.0 Å². The highest BCUT2D eigenvalue weighted by Crippen LogP contribution is 2.28. The smallest absolute Gasteiger partial charge is 0.246 e. The molecule has 1 aliphatic rings. The first kappa shape index (κ1) is 18.8. The molecule has 0 saturated carbocycles. The maximum atomic E-state index is 12.6. The number of pyridine rings is 1. The summed E-state index contributed by atoms with van der Waals surface area (Å²) < 4.78 is 0. The summed E-state index contributed by atoms with van der Waals surface area (Å²) in [5.74, 6) is 2.41. The van der Waals surface area contributed by atoms with Gasteiger partial charge in [-0.3, -0.25) is 4.79 Å². The Balaban J connectivity index is 1.43. The molecule has 0 aliphatic carbocycles. The van der Waals surface area contributed by atoms with Gasteiger partial charge in [-0.2, -0.15) is 0 Å². The Morgan fingerprint density at radius 2 is 1.93 bits per heavy atom. The zero-order chi connectivity index (χ0) is 20.1. The minimum absolute atomic E-state index is 0.0361. The van der Waals surface area contributed by atoms with Crippen molar-refractivity contribution in [1.29, 1.82) is 0 Å². The zero-order valence-electron chi connectivity index (χ0n) is 16.3. The molecule has 1 unspecified atom stereocenters. The van der Waals surface area contributed by atoms with Crippen LogP contribution in [0.5, 0.6) is 0 Å². The van der Waals surface area contributed by atoms with Crippen LogP contribution >= 0.6 is 0 Å². The van der Waals surface area contributed by atoms with Crippen LogP contribution in [0.1, 0.15) is 29.4 Å². The van der Waals surface area contributed by atoms with E-state index < -0.39 is 0 Å². The standard InChI is InChI=1S/C23H23N5O/c1-17-25-20(15-22(26-17)27-21-9-5-6-13-24-21)19-12-14-28(16-19)23(29)11-10-18-7-3-2-4-8-18/h2-11,13,15,19H,12,14,16H2,1H3,(H,24,25,26,27)/b11-10+. The van der Waals surface area contributed by atoms with Crippen molar-refractivity contribution >= 4 is 23.6 Å². The molecule has 2 aromatic heterocycles. The van der Waals surface area contributed by atoms with Crippen molar-refractivity contribution < 1.29 is 4.79 Å². The molecule has 1 aliphatic heterocycles. The van der Waals surface area contributed by atoms with Gasteiger partial charge in [-0.15, -0.1) is 0 Å². The van der Waals surface area contributed by atoms with E-state index in [0.29, 0.717) is 12.4 Å². The van der Waals surface area contributed by atoms with Gasteiger partial charge in [0.2, 0.25) is 5.91 Å². The van der Waals surface area contributed by atoms with E-state index in [1.807, 2.05) is 72.5 Å². The van der Waals surface area contributed by atoms with Crippen LogP contribution in [0.4, 0.5) is 11.6 Å². The lowest BCUT2D eigenvalue weighted by molar-refractivity contribution is -0.124. The monoisotopic (exact) mass is 385 g/mol. The maximum Gasteiger partial charge on any atom is 0.246 e. The molecule has 1 aromatic carbocycles. The second kappa shape index (κ2) is 8.65. The fraction of sp³-hybridized carbons (Fsp3) is 0.217. The molecule has 29 heavy (non-hydrogen) atoms. The number of anilines is 2. The number of carbonyl (C=O) groups is 1. The highest BCUT2D eigenvalue weighted by atomic mass is 16.2. The number of aryl methyl sites for hydroxylation is 1. The summed E-state index contributed by atoms with van der Waals surface area (Å²) in [7, 11) is 0. The molecule has 3 aromatic rings. The average Bonchev–Trinajstić information content (AvgIpc) is 3.24. The van der Waals surface area contributed by atoms with Gasteiger partial charge >= 0.3 is 0 Å². The van der Waals surface area contributed by atoms with Gasteiger partial charge in [-0.1, -0.05) is 36.4 Å². The van der Waals surface area contributed by atoms with Gasteiger partial charge in [0.1, 0.15) is 17.5 Å². The topological polar surface area (TPSA) is 71.0 Å².